The standard InChI is InChI=1S/C14H16BrN3O2/c1-10(18-9-12(15)8-17-18)14(19)16-7-11-5-3-4-6-13(11)20-2/h3-6,8-10H,7H2,1-2H3,(H,16,19)/t10-/m0/s1. The Balaban J connectivity index is 1.98. The molecule has 0 bridgehead atoms. The van der Waals surface area contributed by atoms with Crippen LogP contribution in [0.4, 0.5) is 0 Å². The van der Waals surface area contributed by atoms with Crippen molar-refractivity contribution in [3.63, 3.8) is 0 Å². The molecule has 1 N–H and O–H groups in total. The Bertz CT molecular complexity index is 598. The molecule has 6 heteroatoms. The summed E-state index contributed by atoms with van der Waals surface area (Å²) >= 11 is 3.31. The maximum Gasteiger partial charge on any atom is 0.244 e. The molecule has 1 amide bonds. The second-order valence-corrected chi connectivity index (χ2v) is 5.26. The smallest absolute Gasteiger partial charge is 0.244 e. The summed E-state index contributed by atoms with van der Waals surface area (Å²) in [6, 6.07) is 7.24. The lowest BCUT2D eigenvalue weighted by Crippen LogP contribution is -2.30. The number of nitrogens with zero attached hydrogens (tertiary/aromatic N) is 2. The summed E-state index contributed by atoms with van der Waals surface area (Å²) in [6.07, 6.45) is 3.43. The largest absolute Gasteiger partial charge is 0.496 e. The van der Waals surface area contributed by atoms with Gasteiger partial charge in [0.1, 0.15) is 11.8 Å². The number of para-hydroxylation sites is 1. The Morgan fingerprint density at radius 2 is 2.25 bits per heavy atom. The first kappa shape index (κ1) is 14.6. The lowest BCUT2D eigenvalue weighted by atomic mass is 10.2. The van der Waals surface area contributed by atoms with E-state index in [0.717, 1.165) is 15.8 Å². The zero-order chi connectivity index (χ0) is 14.5. The van der Waals surface area contributed by atoms with Crippen molar-refractivity contribution in [3.05, 3.63) is 46.7 Å². The van der Waals surface area contributed by atoms with Crippen LogP contribution in [0.1, 0.15) is 18.5 Å². The van der Waals surface area contributed by atoms with Crippen LogP contribution in [0.15, 0.2) is 41.1 Å². The number of amides is 1. The number of methoxy groups -OCH3 is 1. The molecule has 2 rings (SSSR count). The number of benzene rings is 1. The molecule has 0 saturated heterocycles. The fourth-order valence-electron chi connectivity index (χ4n) is 1.83. The van der Waals surface area contributed by atoms with Gasteiger partial charge in [-0.1, -0.05) is 18.2 Å². The van der Waals surface area contributed by atoms with Crippen molar-refractivity contribution >= 4 is 21.8 Å². The molecule has 1 heterocycles. The number of rotatable bonds is 5. The van der Waals surface area contributed by atoms with E-state index >= 15 is 0 Å². The van der Waals surface area contributed by atoms with Crippen LogP contribution in [-0.2, 0) is 11.3 Å². The van der Waals surface area contributed by atoms with Gasteiger partial charge in [-0.2, -0.15) is 5.10 Å². The van der Waals surface area contributed by atoms with Crippen molar-refractivity contribution in [2.45, 2.75) is 19.5 Å². The van der Waals surface area contributed by atoms with Crippen molar-refractivity contribution in [3.8, 4) is 5.75 Å². The SMILES string of the molecule is COc1ccccc1CNC(=O)[C@H](C)n1cc(Br)cn1. The highest BCUT2D eigenvalue weighted by molar-refractivity contribution is 9.10. The van der Waals surface area contributed by atoms with Gasteiger partial charge in [0.2, 0.25) is 5.91 Å². The zero-order valence-corrected chi connectivity index (χ0v) is 12.9. The van der Waals surface area contributed by atoms with Crippen molar-refractivity contribution in [1.82, 2.24) is 15.1 Å². The second-order valence-electron chi connectivity index (χ2n) is 4.34. The molecule has 1 aromatic heterocycles. The summed E-state index contributed by atoms with van der Waals surface area (Å²) in [6.45, 7) is 2.23. The highest BCUT2D eigenvalue weighted by Gasteiger charge is 2.15. The molecule has 106 valence electrons. The first-order valence-electron chi connectivity index (χ1n) is 6.21. The van der Waals surface area contributed by atoms with Gasteiger partial charge >= 0.3 is 0 Å². The molecule has 0 fully saturated rings. The van der Waals surface area contributed by atoms with Gasteiger partial charge in [-0.3, -0.25) is 9.48 Å². The summed E-state index contributed by atoms with van der Waals surface area (Å²) in [5, 5.41) is 7.00. The van der Waals surface area contributed by atoms with E-state index in [4.69, 9.17) is 4.74 Å². The number of aromatic nitrogens is 2. The van der Waals surface area contributed by atoms with Crippen LogP contribution in [0.5, 0.6) is 5.75 Å². The average molecular weight is 338 g/mol. The van der Waals surface area contributed by atoms with Gasteiger partial charge in [0.15, 0.2) is 0 Å². The summed E-state index contributed by atoms with van der Waals surface area (Å²) < 4.78 is 7.71. The lowest BCUT2D eigenvalue weighted by Gasteiger charge is -2.14. The van der Waals surface area contributed by atoms with E-state index in [0.29, 0.717) is 6.54 Å². The van der Waals surface area contributed by atoms with Crippen LogP contribution in [0.25, 0.3) is 0 Å². The van der Waals surface area contributed by atoms with Gasteiger partial charge in [-0.15, -0.1) is 0 Å². The molecule has 0 radical (unpaired) electrons. The van der Waals surface area contributed by atoms with Crippen LogP contribution in [0, 0.1) is 0 Å². The fraction of sp³-hybridized carbons (Fsp3) is 0.286. The number of ether oxygens (including phenoxy) is 1. The molecule has 0 unspecified atom stereocenters. The monoisotopic (exact) mass is 337 g/mol. The minimum atomic E-state index is -0.365. The number of nitrogens with one attached hydrogen (secondary N) is 1. The third kappa shape index (κ3) is 3.39. The third-order valence-corrected chi connectivity index (χ3v) is 3.40. The van der Waals surface area contributed by atoms with Crippen molar-refractivity contribution in [2.75, 3.05) is 7.11 Å². The van der Waals surface area contributed by atoms with Crippen LogP contribution in [-0.4, -0.2) is 22.8 Å². The van der Waals surface area contributed by atoms with Gasteiger partial charge in [0, 0.05) is 18.3 Å². The van der Waals surface area contributed by atoms with Crippen LogP contribution >= 0.6 is 15.9 Å². The van der Waals surface area contributed by atoms with Gasteiger partial charge in [0.25, 0.3) is 0 Å². The topological polar surface area (TPSA) is 56.1 Å². The predicted molar refractivity (Wildman–Crippen MR) is 79.5 cm³/mol. The Morgan fingerprint density at radius 1 is 1.50 bits per heavy atom. The fourth-order valence-corrected chi connectivity index (χ4v) is 2.13. The lowest BCUT2D eigenvalue weighted by molar-refractivity contribution is -0.124. The normalized spacial score (nSPS) is 11.9. The molecule has 5 nitrogen and oxygen atoms in total. The minimum absolute atomic E-state index is 0.0912. The summed E-state index contributed by atoms with van der Waals surface area (Å²) in [4.78, 5) is 12.1. The highest BCUT2D eigenvalue weighted by Crippen LogP contribution is 2.17. The molecule has 20 heavy (non-hydrogen) atoms. The van der Waals surface area contributed by atoms with E-state index < -0.39 is 0 Å². The van der Waals surface area contributed by atoms with Crippen LogP contribution < -0.4 is 10.1 Å². The van der Waals surface area contributed by atoms with Gasteiger partial charge in [-0.25, -0.2) is 0 Å². The molecule has 0 saturated carbocycles. The molecular weight excluding hydrogens is 322 g/mol. The molecule has 0 aliphatic heterocycles. The first-order chi connectivity index (χ1) is 9.61. The van der Waals surface area contributed by atoms with E-state index in [2.05, 4.69) is 26.3 Å². The number of hydrogen-bond donors (Lipinski definition) is 1. The third-order valence-electron chi connectivity index (χ3n) is 2.99. The highest BCUT2D eigenvalue weighted by atomic mass is 79.9. The van der Waals surface area contributed by atoms with E-state index in [1.165, 1.54) is 0 Å². The molecule has 0 aliphatic rings. The van der Waals surface area contributed by atoms with Crippen LogP contribution in [0.3, 0.4) is 0 Å². The van der Waals surface area contributed by atoms with Crippen molar-refractivity contribution in [1.29, 1.82) is 0 Å². The minimum Gasteiger partial charge on any atom is -0.496 e. The first-order valence-corrected chi connectivity index (χ1v) is 7.00. The van der Waals surface area contributed by atoms with E-state index in [1.807, 2.05) is 24.3 Å². The summed E-state index contributed by atoms with van der Waals surface area (Å²) in [7, 11) is 1.62. The summed E-state index contributed by atoms with van der Waals surface area (Å²) in [5.41, 5.74) is 0.942. The van der Waals surface area contributed by atoms with E-state index in [9.17, 15) is 4.79 Å². The van der Waals surface area contributed by atoms with Crippen molar-refractivity contribution < 1.29 is 9.53 Å². The van der Waals surface area contributed by atoms with Crippen molar-refractivity contribution in [2.24, 2.45) is 0 Å². The van der Waals surface area contributed by atoms with Gasteiger partial charge in [-0.05, 0) is 28.9 Å². The number of hydrogen-bond acceptors (Lipinski definition) is 3. The number of halogens is 1. The molecule has 2 aromatic rings. The quantitative estimate of drug-likeness (QED) is 0.912. The zero-order valence-electron chi connectivity index (χ0n) is 11.3. The van der Waals surface area contributed by atoms with E-state index in [1.54, 1.807) is 31.1 Å². The predicted octanol–water partition coefficient (Wildman–Crippen LogP) is 2.53. The Labute approximate surface area is 126 Å². The maximum absolute atomic E-state index is 12.1. The Kier molecular flexibility index (Phi) is 4.79. The molecule has 0 aliphatic carbocycles. The van der Waals surface area contributed by atoms with Gasteiger partial charge < -0.3 is 10.1 Å². The molecule has 1 atom stereocenters. The van der Waals surface area contributed by atoms with Crippen LogP contribution in [0.2, 0.25) is 0 Å². The Hall–Kier alpha value is -1.82. The molecule has 0 spiro atoms. The summed E-state index contributed by atoms with van der Waals surface area (Å²) in [5.74, 6) is 0.675. The number of carbonyl (C=O) groups excluding carboxylic acids is 1. The van der Waals surface area contributed by atoms with E-state index in [-0.39, 0.29) is 11.9 Å². The molecular formula is C14H16BrN3O2. The number of carbonyl (C=O) groups is 1. The molecule has 1 aromatic carbocycles. The average Bonchev–Trinajstić information content (AvgIpc) is 2.90. The maximum atomic E-state index is 12.1. The Morgan fingerprint density at radius 3 is 2.90 bits per heavy atom. The van der Waals surface area contributed by atoms with Gasteiger partial charge in [0.05, 0.1) is 17.8 Å². The second kappa shape index (κ2) is 6.56.